The van der Waals surface area contributed by atoms with E-state index >= 15 is 0 Å². The molecule has 1 aliphatic carbocycles. The van der Waals surface area contributed by atoms with E-state index in [4.69, 9.17) is 14.2 Å². The molecule has 1 heterocycles. The van der Waals surface area contributed by atoms with Crippen molar-refractivity contribution in [3.05, 3.63) is 89.6 Å². The Morgan fingerprint density at radius 3 is 1.92 bits per heavy atom. The maximum atomic E-state index is 13.4. The molecule has 3 aromatic carbocycles. The average molecular weight is 711 g/mol. The van der Waals surface area contributed by atoms with E-state index in [-0.39, 0.29) is 43.7 Å². The van der Waals surface area contributed by atoms with E-state index in [2.05, 4.69) is 29.6 Å². The minimum absolute atomic E-state index is 0.0118. The predicted molar refractivity (Wildman–Crippen MR) is 200 cm³/mol. The number of amides is 2. The molecular weight excluding hydrogens is 660 g/mol. The average Bonchev–Trinajstić information content (AvgIpc) is 3.57. The van der Waals surface area contributed by atoms with Gasteiger partial charge in [-0.15, -0.1) is 0 Å². The highest BCUT2D eigenvalue weighted by molar-refractivity contribution is 5.95. The topological polar surface area (TPSA) is 119 Å². The van der Waals surface area contributed by atoms with Gasteiger partial charge >= 0.3 is 18.0 Å². The summed E-state index contributed by atoms with van der Waals surface area (Å²) in [5.41, 5.74) is 5.63. The Hall–Kier alpha value is -5.16. The fraction of sp³-hybridized carbons (Fsp3) is 0.415. The van der Waals surface area contributed by atoms with Crippen LogP contribution in [0.1, 0.15) is 83.5 Å². The van der Waals surface area contributed by atoms with Gasteiger partial charge in [-0.05, 0) is 88.1 Å². The van der Waals surface area contributed by atoms with E-state index < -0.39 is 23.3 Å². The molecule has 1 N–H and O–H groups in total. The highest BCUT2D eigenvalue weighted by Crippen LogP contribution is 2.44. The molecule has 5 rings (SSSR count). The fourth-order valence-corrected chi connectivity index (χ4v) is 6.40. The number of nitrogens with zero attached hydrogens (tertiary/aromatic N) is 3. The van der Waals surface area contributed by atoms with E-state index in [9.17, 15) is 19.2 Å². The van der Waals surface area contributed by atoms with E-state index in [1.807, 2.05) is 67.8 Å². The van der Waals surface area contributed by atoms with Crippen LogP contribution in [0.4, 0.5) is 10.5 Å². The Morgan fingerprint density at radius 2 is 1.33 bits per heavy atom. The van der Waals surface area contributed by atoms with Crippen LogP contribution in [-0.4, -0.2) is 70.4 Å². The minimum Gasteiger partial charge on any atom is -0.460 e. The second-order valence-corrected chi connectivity index (χ2v) is 15.2. The molecule has 0 bridgehead atoms. The number of ether oxygens (including phenoxy) is 3. The van der Waals surface area contributed by atoms with Crippen LogP contribution in [0.2, 0.25) is 0 Å². The van der Waals surface area contributed by atoms with Crippen LogP contribution < -0.4 is 5.32 Å². The quantitative estimate of drug-likeness (QED) is 0.0905. The first kappa shape index (κ1) is 38.1. The standard InChI is InChI=1S/C41H50N4O7/c1-40(2,3)51-37(47)20-19-36(46)42-28-17-18-35-27(23-28)24-29(45(35)22-21-38(48)52-41(4,5)6)25-43(7)44(8)39(49)50-26-34-32-15-11-9-13-30(32)31-14-10-12-16-33(31)34/h9-18,23-24,34H,19-22,25-26H2,1-8H3,(H,42,46). The first-order valence-corrected chi connectivity index (χ1v) is 17.6. The number of hydrogen-bond donors (Lipinski definition) is 1. The summed E-state index contributed by atoms with van der Waals surface area (Å²) in [7, 11) is 3.46. The molecule has 4 aromatic rings. The van der Waals surface area contributed by atoms with Crippen LogP contribution in [0.25, 0.3) is 22.0 Å². The zero-order valence-electron chi connectivity index (χ0n) is 31.4. The third kappa shape index (κ3) is 9.58. The highest BCUT2D eigenvalue weighted by atomic mass is 16.6. The number of aryl methyl sites for hydroxylation is 1. The lowest BCUT2D eigenvalue weighted by Crippen LogP contribution is -2.41. The van der Waals surface area contributed by atoms with Gasteiger partial charge in [0.1, 0.15) is 17.8 Å². The maximum Gasteiger partial charge on any atom is 0.424 e. The third-order valence-electron chi connectivity index (χ3n) is 8.71. The fourth-order valence-electron chi connectivity index (χ4n) is 6.40. The Kier molecular flexibility index (Phi) is 11.4. The lowest BCUT2D eigenvalue weighted by atomic mass is 9.98. The molecule has 0 saturated heterocycles. The van der Waals surface area contributed by atoms with Crippen LogP contribution in [0, 0.1) is 0 Å². The number of aromatic nitrogens is 1. The van der Waals surface area contributed by atoms with Gasteiger partial charge in [0.2, 0.25) is 5.91 Å². The van der Waals surface area contributed by atoms with E-state index in [1.54, 1.807) is 45.9 Å². The lowest BCUT2D eigenvalue weighted by Gasteiger charge is -2.28. The van der Waals surface area contributed by atoms with E-state index in [1.165, 1.54) is 5.01 Å². The zero-order chi connectivity index (χ0) is 37.8. The molecule has 0 saturated carbocycles. The number of nitrogens with one attached hydrogen (secondary N) is 1. The van der Waals surface area contributed by atoms with E-state index in [0.717, 1.165) is 38.9 Å². The minimum atomic E-state index is -0.620. The molecule has 11 nitrogen and oxygen atoms in total. The van der Waals surface area contributed by atoms with Gasteiger partial charge in [-0.25, -0.2) is 14.8 Å². The van der Waals surface area contributed by atoms with Gasteiger partial charge in [-0.2, -0.15) is 0 Å². The molecule has 0 aliphatic heterocycles. The molecule has 0 unspecified atom stereocenters. The monoisotopic (exact) mass is 710 g/mol. The molecule has 0 spiro atoms. The molecule has 0 radical (unpaired) electrons. The SMILES string of the molecule is CN(Cc1cc2cc(NC(=O)CCC(=O)OC(C)(C)C)ccc2n1CCC(=O)OC(C)(C)C)N(C)C(=O)OCC1c2ccccc2-c2ccccc21. The number of esters is 2. The number of benzene rings is 3. The number of anilines is 1. The van der Waals surface area contributed by atoms with Gasteiger partial charge in [-0.3, -0.25) is 14.4 Å². The second-order valence-electron chi connectivity index (χ2n) is 15.2. The van der Waals surface area contributed by atoms with Crippen molar-refractivity contribution in [1.82, 2.24) is 14.6 Å². The van der Waals surface area contributed by atoms with Crippen LogP contribution in [0.3, 0.4) is 0 Å². The molecule has 2 amide bonds. The van der Waals surface area contributed by atoms with Crippen LogP contribution in [0.15, 0.2) is 72.8 Å². The number of carbonyl (C=O) groups excluding carboxylic acids is 4. The van der Waals surface area contributed by atoms with Crippen LogP contribution >= 0.6 is 0 Å². The highest BCUT2D eigenvalue weighted by Gasteiger charge is 2.30. The van der Waals surface area contributed by atoms with Crippen molar-refractivity contribution in [3.8, 4) is 11.1 Å². The molecule has 276 valence electrons. The van der Waals surface area contributed by atoms with Crippen molar-refractivity contribution in [1.29, 1.82) is 0 Å². The summed E-state index contributed by atoms with van der Waals surface area (Å²) >= 11 is 0. The van der Waals surface area contributed by atoms with Crippen molar-refractivity contribution in [2.24, 2.45) is 0 Å². The lowest BCUT2D eigenvalue weighted by molar-refractivity contribution is -0.156. The van der Waals surface area contributed by atoms with Gasteiger partial charge < -0.3 is 24.1 Å². The van der Waals surface area contributed by atoms with Gasteiger partial charge in [-0.1, -0.05) is 48.5 Å². The normalized spacial score (nSPS) is 12.7. The van der Waals surface area contributed by atoms with Crippen LogP contribution in [0.5, 0.6) is 0 Å². The first-order chi connectivity index (χ1) is 24.5. The maximum absolute atomic E-state index is 13.4. The van der Waals surface area contributed by atoms with Crippen molar-refractivity contribution < 1.29 is 33.4 Å². The number of carbonyl (C=O) groups is 4. The predicted octanol–water partition coefficient (Wildman–Crippen LogP) is 7.66. The largest absolute Gasteiger partial charge is 0.460 e. The first-order valence-electron chi connectivity index (χ1n) is 17.6. The van der Waals surface area contributed by atoms with Crippen LogP contribution in [-0.2, 0) is 41.7 Å². The van der Waals surface area contributed by atoms with Crippen molar-refractivity contribution in [2.75, 3.05) is 26.0 Å². The molecule has 11 heteroatoms. The molecular formula is C41H50N4O7. The molecule has 1 aromatic heterocycles. The summed E-state index contributed by atoms with van der Waals surface area (Å²) in [4.78, 5) is 50.9. The number of fused-ring (bicyclic) bond motifs is 4. The Labute approximate surface area is 305 Å². The molecule has 1 aliphatic rings. The van der Waals surface area contributed by atoms with Gasteiger partial charge in [0.25, 0.3) is 0 Å². The van der Waals surface area contributed by atoms with Crippen molar-refractivity contribution in [3.63, 3.8) is 0 Å². The third-order valence-corrected chi connectivity index (χ3v) is 8.71. The summed E-state index contributed by atoms with van der Waals surface area (Å²) in [6.07, 6.45) is -0.386. The summed E-state index contributed by atoms with van der Waals surface area (Å²) in [6.45, 7) is 11.7. The summed E-state index contributed by atoms with van der Waals surface area (Å²) in [5, 5.41) is 6.91. The van der Waals surface area contributed by atoms with Gasteiger partial charge in [0.15, 0.2) is 0 Å². The Morgan fingerprint density at radius 1 is 0.750 bits per heavy atom. The number of rotatable bonds is 12. The molecule has 0 atom stereocenters. The van der Waals surface area contributed by atoms with E-state index in [0.29, 0.717) is 18.8 Å². The second kappa shape index (κ2) is 15.6. The van der Waals surface area contributed by atoms with Gasteiger partial charge in [0.05, 0.1) is 19.4 Å². The number of hydrogen-bond acceptors (Lipinski definition) is 8. The summed E-state index contributed by atoms with van der Waals surface area (Å²) < 4.78 is 18.8. The zero-order valence-corrected chi connectivity index (χ0v) is 31.4. The smallest absolute Gasteiger partial charge is 0.424 e. The molecule has 52 heavy (non-hydrogen) atoms. The number of hydrazine groups is 1. The van der Waals surface area contributed by atoms with Crippen molar-refractivity contribution in [2.45, 2.75) is 91.0 Å². The summed E-state index contributed by atoms with van der Waals surface area (Å²) in [5.74, 6) is -1.12. The van der Waals surface area contributed by atoms with Crippen molar-refractivity contribution >= 4 is 40.5 Å². The van der Waals surface area contributed by atoms with Gasteiger partial charge in [0, 0.05) is 55.3 Å². The Balaban J connectivity index is 1.29. The summed E-state index contributed by atoms with van der Waals surface area (Å²) in [6, 6.07) is 23.9. The molecule has 0 fully saturated rings. The Bertz CT molecular complexity index is 1910.